The Morgan fingerprint density at radius 1 is 0.379 bits per heavy atom. The average molecular weight is 985 g/mol. The van der Waals surface area contributed by atoms with E-state index < -0.39 is 0 Å². The second kappa shape index (κ2) is 21.7. The Morgan fingerprint density at radius 2 is 0.672 bits per heavy atom. The molecule has 4 heterocycles. The van der Waals surface area contributed by atoms with Crippen LogP contribution < -0.4 is 0 Å². The van der Waals surface area contributed by atoms with Gasteiger partial charge in [0.25, 0.3) is 0 Å². The summed E-state index contributed by atoms with van der Waals surface area (Å²) in [6.07, 6.45) is 38.0. The summed E-state index contributed by atoms with van der Waals surface area (Å²) in [6.45, 7) is 9.40. The molecule has 0 bridgehead atoms. The number of unbranched alkanes of at least 4 members (excludes halogenated alkanes) is 20. The van der Waals surface area contributed by atoms with Crippen LogP contribution in [0.15, 0.2) is 31.8 Å². The number of hydrogen-bond acceptors (Lipinski definition) is 4. The first-order valence-electron chi connectivity index (χ1n) is 24.1. The molecule has 0 amide bonds. The maximum absolute atomic E-state index is 3.97. The number of fused-ring (bicyclic) bond motifs is 10. The minimum absolute atomic E-state index is 0.111. The van der Waals surface area contributed by atoms with Gasteiger partial charge in [-0.25, -0.2) is 0 Å². The lowest BCUT2D eigenvalue weighted by Crippen LogP contribution is -2.27. The topological polar surface area (TPSA) is 0 Å². The predicted molar refractivity (Wildman–Crippen MR) is 273 cm³/mol. The van der Waals surface area contributed by atoms with Gasteiger partial charge in [-0.1, -0.05) is 182 Å². The van der Waals surface area contributed by atoms with Gasteiger partial charge in [0.15, 0.2) is 0 Å². The lowest BCUT2D eigenvalue weighted by molar-refractivity contribution is 0.397. The highest BCUT2D eigenvalue weighted by atomic mass is 79.9. The van der Waals surface area contributed by atoms with Gasteiger partial charge in [-0.3, -0.25) is 0 Å². The van der Waals surface area contributed by atoms with E-state index in [-0.39, 0.29) is 10.8 Å². The fraction of sp³-hybridized carbons (Fsp3) is 0.654. The van der Waals surface area contributed by atoms with E-state index in [9.17, 15) is 0 Å². The van der Waals surface area contributed by atoms with Gasteiger partial charge < -0.3 is 0 Å². The monoisotopic (exact) mass is 982 g/mol. The number of halogens is 2. The molecule has 6 heteroatoms. The first-order valence-corrected chi connectivity index (χ1v) is 28.9. The van der Waals surface area contributed by atoms with Crippen LogP contribution >= 0.6 is 77.2 Å². The Balaban J connectivity index is 1.36. The van der Waals surface area contributed by atoms with Crippen molar-refractivity contribution in [2.45, 2.75) is 218 Å². The van der Waals surface area contributed by atoms with E-state index in [0.717, 1.165) is 0 Å². The second-order valence-electron chi connectivity index (χ2n) is 18.3. The van der Waals surface area contributed by atoms with E-state index in [1.54, 1.807) is 52.5 Å². The van der Waals surface area contributed by atoms with Crippen LogP contribution in [0.5, 0.6) is 0 Å². The minimum atomic E-state index is 0.111. The van der Waals surface area contributed by atoms with Crippen molar-refractivity contribution in [3.63, 3.8) is 0 Å². The lowest BCUT2D eigenvalue weighted by atomic mass is 9.68. The van der Waals surface area contributed by atoms with Crippen LogP contribution in [0.2, 0.25) is 0 Å². The molecule has 318 valence electrons. The third kappa shape index (κ3) is 9.53. The van der Waals surface area contributed by atoms with Crippen molar-refractivity contribution in [2.24, 2.45) is 0 Å². The summed E-state index contributed by atoms with van der Waals surface area (Å²) < 4.78 is 8.81. The highest BCUT2D eigenvalue weighted by molar-refractivity contribution is 9.11. The van der Waals surface area contributed by atoms with Crippen molar-refractivity contribution in [3.05, 3.63) is 54.1 Å². The maximum atomic E-state index is 3.97. The van der Waals surface area contributed by atoms with Crippen molar-refractivity contribution in [3.8, 4) is 20.9 Å². The van der Waals surface area contributed by atoms with Crippen molar-refractivity contribution in [1.82, 2.24) is 0 Å². The Bertz CT molecular complexity index is 1880. The molecule has 0 nitrogen and oxygen atoms in total. The fourth-order valence-corrected chi connectivity index (χ4v) is 18.0. The summed E-state index contributed by atoms with van der Waals surface area (Å²) in [5, 5.41) is 0. The van der Waals surface area contributed by atoms with Crippen molar-refractivity contribution in [2.75, 3.05) is 0 Å². The van der Waals surface area contributed by atoms with Gasteiger partial charge in [0.05, 0.1) is 17.0 Å². The zero-order chi connectivity index (χ0) is 40.5. The van der Waals surface area contributed by atoms with E-state index in [4.69, 9.17) is 0 Å². The van der Waals surface area contributed by atoms with Crippen molar-refractivity contribution in [1.29, 1.82) is 0 Å². The van der Waals surface area contributed by atoms with E-state index >= 15 is 0 Å². The van der Waals surface area contributed by atoms with Crippen molar-refractivity contribution >= 4 is 96.0 Å². The van der Waals surface area contributed by atoms with E-state index in [1.807, 2.05) is 22.7 Å². The second-order valence-corrected chi connectivity index (χ2v) is 25.2. The summed E-state index contributed by atoms with van der Waals surface area (Å²) in [7, 11) is 0. The SMILES string of the molecule is CCCCCCCCC1(CCCCCCCC)c2cc3c(cc2-c2sc4cc(Br)sc4c21)C(CCCCCCCC)(CCCCCCCC)c1c-3sc2cc(Br)sc12. The maximum Gasteiger partial charge on any atom is 0.0719 e. The number of thiophene rings is 4. The van der Waals surface area contributed by atoms with E-state index in [2.05, 4.69) is 106 Å². The summed E-state index contributed by atoms with van der Waals surface area (Å²) >= 11 is 16.2. The van der Waals surface area contributed by atoms with Gasteiger partial charge in [-0.05, 0) is 115 Å². The van der Waals surface area contributed by atoms with Crippen LogP contribution in [0.1, 0.15) is 230 Å². The molecule has 2 aliphatic carbocycles. The highest BCUT2D eigenvalue weighted by Gasteiger charge is 2.50. The summed E-state index contributed by atoms with van der Waals surface area (Å²) in [4.78, 5) is 3.27. The fourth-order valence-electron chi connectivity index (χ4n) is 11.1. The molecule has 58 heavy (non-hydrogen) atoms. The number of benzene rings is 1. The molecular formula is C52H72Br2S4. The molecule has 0 saturated carbocycles. The van der Waals surface area contributed by atoms with Gasteiger partial charge in [0.2, 0.25) is 0 Å². The van der Waals surface area contributed by atoms with E-state index in [0.29, 0.717) is 0 Å². The van der Waals surface area contributed by atoms with Gasteiger partial charge >= 0.3 is 0 Å². The molecule has 0 spiro atoms. The first kappa shape index (κ1) is 45.5. The van der Waals surface area contributed by atoms with Gasteiger partial charge in [0, 0.05) is 30.0 Å². The molecule has 0 unspecified atom stereocenters. The van der Waals surface area contributed by atoms with Gasteiger partial charge in [0.1, 0.15) is 0 Å². The van der Waals surface area contributed by atoms with Crippen LogP contribution in [-0.2, 0) is 10.8 Å². The Hall–Kier alpha value is -0.500. The Morgan fingerprint density at radius 3 is 0.983 bits per heavy atom. The molecule has 0 N–H and O–H groups in total. The average Bonchev–Trinajstić information content (AvgIpc) is 4.03. The van der Waals surface area contributed by atoms with Crippen LogP contribution in [0, 0.1) is 0 Å². The molecule has 0 atom stereocenters. The number of rotatable bonds is 28. The highest BCUT2D eigenvalue weighted by Crippen LogP contribution is 2.66. The van der Waals surface area contributed by atoms with Crippen molar-refractivity contribution < 1.29 is 0 Å². The lowest BCUT2D eigenvalue weighted by Gasteiger charge is -2.35. The molecule has 5 aromatic rings. The largest absolute Gasteiger partial charge is 0.134 e. The normalized spacial score (nSPS) is 14.9. The minimum Gasteiger partial charge on any atom is -0.134 e. The molecule has 7 rings (SSSR count). The standard InChI is InChI=1S/C52H72Br2S4/c1-5-9-13-17-21-25-29-51(30-26-22-18-14-10-6-2)39-33-38-40(34-37(39)47-45(51)49-41(55-47)35-43(53)57-49)52(31-27-23-19-15-11-7-3,32-28-24-20-16-12-8-4)46-48(38)56-42-36-44(54)58-50(42)46/h33-36H,5-32H2,1-4H3. The van der Waals surface area contributed by atoms with Gasteiger partial charge in [-0.2, -0.15) is 0 Å². The zero-order valence-corrected chi connectivity index (χ0v) is 42.9. The predicted octanol–water partition coefficient (Wildman–Crippen LogP) is 21.3. The molecule has 4 aromatic heterocycles. The molecular weight excluding hydrogens is 913 g/mol. The third-order valence-corrected chi connectivity index (χ3v) is 20.0. The molecule has 0 saturated heterocycles. The molecule has 0 aliphatic heterocycles. The summed E-state index contributed by atoms with van der Waals surface area (Å²) in [5.74, 6) is 0. The van der Waals surface area contributed by atoms with Crippen LogP contribution in [0.25, 0.3) is 39.7 Å². The van der Waals surface area contributed by atoms with Crippen LogP contribution in [-0.4, -0.2) is 0 Å². The molecule has 0 fully saturated rings. The van der Waals surface area contributed by atoms with E-state index in [1.165, 1.54) is 197 Å². The smallest absolute Gasteiger partial charge is 0.0719 e. The molecule has 0 radical (unpaired) electrons. The summed E-state index contributed by atoms with van der Waals surface area (Å²) in [5.41, 5.74) is 10.4. The quantitative estimate of drug-likeness (QED) is 0.0438. The number of hydrogen-bond donors (Lipinski definition) is 0. The Labute approximate surface area is 386 Å². The van der Waals surface area contributed by atoms with Gasteiger partial charge in [-0.15, -0.1) is 45.3 Å². The first-order chi connectivity index (χ1) is 28.4. The zero-order valence-electron chi connectivity index (χ0n) is 36.5. The third-order valence-electron chi connectivity index (χ3n) is 14.1. The van der Waals surface area contributed by atoms with Crippen LogP contribution in [0.3, 0.4) is 0 Å². The Kier molecular flexibility index (Phi) is 17.1. The summed E-state index contributed by atoms with van der Waals surface area (Å²) in [6, 6.07) is 10.6. The van der Waals surface area contributed by atoms with Crippen LogP contribution in [0.4, 0.5) is 0 Å². The molecule has 1 aromatic carbocycles. The molecule has 2 aliphatic rings.